The van der Waals surface area contributed by atoms with Gasteiger partial charge < -0.3 is 10.6 Å². The Kier molecular flexibility index (Phi) is 5.04. The quantitative estimate of drug-likeness (QED) is 0.526. The predicted octanol–water partition coefficient (Wildman–Crippen LogP) is 1.92. The summed E-state index contributed by atoms with van der Waals surface area (Å²) >= 11 is 0. The molecule has 0 saturated heterocycles. The van der Waals surface area contributed by atoms with Crippen LogP contribution < -0.4 is 16.3 Å². The van der Waals surface area contributed by atoms with Crippen LogP contribution in [0.4, 0.5) is 15.8 Å². The van der Waals surface area contributed by atoms with E-state index in [0.29, 0.717) is 5.65 Å². The van der Waals surface area contributed by atoms with E-state index >= 15 is 0 Å². The van der Waals surface area contributed by atoms with Crippen LogP contribution >= 0.6 is 0 Å². The van der Waals surface area contributed by atoms with Crippen molar-refractivity contribution in [2.24, 2.45) is 0 Å². The Bertz CT molecular complexity index is 1300. The molecule has 9 nitrogen and oxygen atoms in total. The van der Waals surface area contributed by atoms with Crippen molar-refractivity contribution in [2.45, 2.75) is 6.54 Å². The minimum atomic E-state index is -0.612. The van der Waals surface area contributed by atoms with E-state index in [1.807, 2.05) is 0 Å². The lowest BCUT2D eigenvalue weighted by molar-refractivity contribution is -0.117. The van der Waals surface area contributed by atoms with Crippen molar-refractivity contribution < 1.29 is 14.0 Å². The molecule has 3 heterocycles. The van der Waals surface area contributed by atoms with Crippen LogP contribution in [0.3, 0.4) is 0 Å². The van der Waals surface area contributed by atoms with Gasteiger partial charge in [0.2, 0.25) is 5.91 Å². The average molecular weight is 406 g/mol. The third-order valence-electron chi connectivity index (χ3n) is 4.18. The third-order valence-corrected chi connectivity index (χ3v) is 4.18. The molecule has 0 spiro atoms. The molecule has 0 radical (unpaired) electrons. The number of hydrogen-bond acceptors (Lipinski definition) is 5. The highest BCUT2D eigenvalue weighted by Crippen LogP contribution is 2.23. The lowest BCUT2D eigenvalue weighted by Crippen LogP contribution is -2.28. The second-order valence-electron chi connectivity index (χ2n) is 6.28. The van der Waals surface area contributed by atoms with Crippen LogP contribution in [-0.4, -0.2) is 31.0 Å². The van der Waals surface area contributed by atoms with E-state index in [1.165, 1.54) is 28.9 Å². The van der Waals surface area contributed by atoms with Gasteiger partial charge in [0.1, 0.15) is 18.1 Å². The van der Waals surface area contributed by atoms with Crippen molar-refractivity contribution in [1.29, 1.82) is 0 Å². The first kappa shape index (κ1) is 19.0. The fraction of sp³-hybridized carbons (Fsp3) is 0.0500. The zero-order valence-electron chi connectivity index (χ0n) is 15.4. The Morgan fingerprint density at radius 1 is 1.00 bits per heavy atom. The van der Waals surface area contributed by atoms with Gasteiger partial charge in [-0.1, -0.05) is 12.1 Å². The molecule has 30 heavy (non-hydrogen) atoms. The number of nitrogens with one attached hydrogen (secondary N) is 2. The largest absolute Gasteiger partial charge is 0.350 e. The van der Waals surface area contributed by atoms with Crippen LogP contribution in [0.15, 0.2) is 71.8 Å². The summed E-state index contributed by atoms with van der Waals surface area (Å²) in [6.45, 7) is -0.384. The molecule has 0 aliphatic heterocycles. The summed E-state index contributed by atoms with van der Waals surface area (Å²) in [5.74, 6) is -1.74. The topological polar surface area (TPSA) is 110 Å². The number of amides is 2. The Hall–Kier alpha value is -4.34. The van der Waals surface area contributed by atoms with Gasteiger partial charge in [0, 0.05) is 12.4 Å². The lowest BCUT2D eigenvalue weighted by Gasteiger charge is -2.12. The van der Waals surface area contributed by atoms with E-state index in [9.17, 15) is 18.8 Å². The van der Waals surface area contributed by atoms with Gasteiger partial charge >= 0.3 is 5.69 Å². The van der Waals surface area contributed by atoms with Crippen molar-refractivity contribution >= 4 is 28.8 Å². The number of halogens is 1. The molecule has 4 aromatic rings. The maximum Gasteiger partial charge on any atom is 0.350 e. The second-order valence-corrected chi connectivity index (χ2v) is 6.28. The maximum absolute atomic E-state index is 13.7. The molecule has 0 fully saturated rings. The third kappa shape index (κ3) is 3.92. The standard InChI is InChI=1S/C20H15FN6O3/c21-13-7-8-14(24-19(29)15-5-1-3-9-22-15)16(11-13)23-18(28)12-27-20(30)26-10-4-2-6-17(26)25-27/h1-11H,12H2,(H,23,28)(H,24,29). The molecule has 0 bridgehead atoms. The number of nitrogens with zero attached hydrogens (tertiary/aromatic N) is 4. The SMILES string of the molecule is O=C(Cn1nc2ccccn2c1=O)Nc1cc(F)ccc1NC(=O)c1ccccn1. The number of rotatable bonds is 5. The summed E-state index contributed by atoms with van der Waals surface area (Å²) < 4.78 is 16.0. The molecular weight excluding hydrogens is 391 g/mol. The van der Waals surface area contributed by atoms with Gasteiger partial charge in [-0.3, -0.25) is 19.0 Å². The predicted molar refractivity (Wildman–Crippen MR) is 107 cm³/mol. The first-order valence-electron chi connectivity index (χ1n) is 8.87. The molecule has 2 N–H and O–H groups in total. The van der Waals surface area contributed by atoms with Gasteiger partial charge in [-0.2, -0.15) is 0 Å². The lowest BCUT2D eigenvalue weighted by atomic mass is 10.2. The van der Waals surface area contributed by atoms with E-state index in [-0.39, 0.29) is 23.6 Å². The van der Waals surface area contributed by atoms with Gasteiger partial charge in [-0.05, 0) is 42.5 Å². The van der Waals surface area contributed by atoms with E-state index in [1.54, 1.807) is 30.3 Å². The van der Waals surface area contributed by atoms with Crippen LogP contribution in [0.2, 0.25) is 0 Å². The fourth-order valence-electron chi connectivity index (χ4n) is 2.81. The highest BCUT2D eigenvalue weighted by Gasteiger charge is 2.15. The Balaban J connectivity index is 1.54. The molecule has 150 valence electrons. The van der Waals surface area contributed by atoms with Crippen molar-refractivity contribution in [1.82, 2.24) is 19.2 Å². The smallest absolute Gasteiger partial charge is 0.323 e. The van der Waals surface area contributed by atoms with Gasteiger partial charge in [-0.25, -0.2) is 13.9 Å². The molecule has 0 aliphatic carbocycles. The molecule has 0 unspecified atom stereocenters. The molecule has 0 atom stereocenters. The minimum Gasteiger partial charge on any atom is -0.323 e. The van der Waals surface area contributed by atoms with Crippen LogP contribution in [-0.2, 0) is 11.3 Å². The Morgan fingerprint density at radius 3 is 2.60 bits per heavy atom. The summed E-state index contributed by atoms with van der Waals surface area (Å²) in [5, 5.41) is 9.17. The van der Waals surface area contributed by atoms with Crippen molar-refractivity contribution in [3.8, 4) is 0 Å². The highest BCUT2D eigenvalue weighted by atomic mass is 19.1. The fourth-order valence-corrected chi connectivity index (χ4v) is 2.81. The molecule has 2 amide bonds. The van der Waals surface area contributed by atoms with E-state index < -0.39 is 23.3 Å². The van der Waals surface area contributed by atoms with Crippen molar-refractivity contribution in [3.05, 3.63) is 89.0 Å². The molecule has 10 heteroatoms. The van der Waals surface area contributed by atoms with Crippen molar-refractivity contribution in [3.63, 3.8) is 0 Å². The number of aromatic nitrogens is 4. The van der Waals surface area contributed by atoms with Gasteiger partial charge in [-0.15, -0.1) is 5.10 Å². The first-order valence-corrected chi connectivity index (χ1v) is 8.87. The number of hydrogen-bond donors (Lipinski definition) is 2. The number of carbonyl (C=O) groups is 2. The second kappa shape index (κ2) is 7.95. The summed E-state index contributed by atoms with van der Waals surface area (Å²) in [6, 6.07) is 13.4. The number of benzene rings is 1. The van der Waals surface area contributed by atoms with Crippen LogP contribution in [0.1, 0.15) is 10.5 Å². The normalized spacial score (nSPS) is 10.7. The first-order chi connectivity index (χ1) is 14.5. The summed E-state index contributed by atoms with van der Waals surface area (Å²) in [7, 11) is 0. The van der Waals surface area contributed by atoms with E-state index in [2.05, 4.69) is 20.7 Å². The average Bonchev–Trinajstić information content (AvgIpc) is 3.06. The summed E-state index contributed by atoms with van der Waals surface area (Å²) in [6.07, 6.45) is 3.01. The highest BCUT2D eigenvalue weighted by molar-refractivity contribution is 6.06. The molecule has 3 aromatic heterocycles. The van der Waals surface area contributed by atoms with E-state index in [4.69, 9.17) is 0 Å². The molecule has 4 rings (SSSR count). The summed E-state index contributed by atoms with van der Waals surface area (Å²) in [5.41, 5.74) is 0.298. The minimum absolute atomic E-state index is 0.0427. The zero-order valence-corrected chi connectivity index (χ0v) is 15.4. The molecule has 0 saturated carbocycles. The number of anilines is 2. The van der Waals surface area contributed by atoms with Gasteiger partial charge in [0.25, 0.3) is 5.91 Å². The maximum atomic E-state index is 13.7. The van der Waals surface area contributed by atoms with E-state index in [0.717, 1.165) is 16.8 Å². The molecule has 1 aromatic carbocycles. The van der Waals surface area contributed by atoms with Crippen LogP contribution in [0.5, 0.6) is 0 Å². The monoisotopic (exact) mass is 406 g/mol. The molecular formula is C20H15FN6O3. The summed E-state index contributed by atoms with van der Waals surface area (Å²) in [4.78, 5) is 41.0. The van der Waals surface area contributed by atoms with Gasteiger partial charge in [0.15, 0.2) is 5.65 Å². The number of carbonyl (C=O) groups excluding carboxylic acids is 2. The Labute approximate surface area is 168 Å². The van der Waals surface area contributed by atoms with Crippen LogP contribution in [0, 0.1) is 5.82 Å². The number of fused-ring (bicyclic) bond motifs is 1. The zero-order chi connectivity index (χ0) is 21.1. The Morgan fingerprint density at radius 2 is 1.83 bits per heavy atom. The van der Waals surface area contributed by atoms with Crippen molar-refractivity contribution in [2.75, 3.05) is 10.6 Å². The number of pyridine rings is 2. The molecule has 0 aliphatic rings. The van der Waals surface area contributed by atoms with Gasteiger partial charge in [0.05, 0.1) is 11.4 Å². The van der Waals surface area contributed by atoms with Crippen LogP contribution in [0.25, 0.3) is 5.65 Å².